The third-order valence-electron chi connectivity index (χ3n) is 4.92. The fourth-order valence-electron chi connectivity index (χ4n) is 3.25. The van der Waals surface area contributed by atoms with Crippen molar-refractivity contribution in [3.8, 4) is 11.5 Å². The van der Waals surface area contributed by atoms with Gasteiger partial charge in [0.15, 0.2) is 0 Å². The van der Waals surface area contributed by atoms with E-state index >= 15 is 0 Å². The topological polar surface area (TPSA) is 38.7 Å². The fourth-order valence-corrected chi connectivity index (χ4v) is 3.25. The van der Waals surface area contributed by atoms with Gasteiger partial charge in [0.25, 0.3) is 0 Å². The van der Waals surface area contributed by atoms with Crippen molar-refractivity contribution in [3.05, 3.63) is 27.8 Å². The standard InChI is InChI=1S/C17H22O3/c1-10-11(2)16-14(12(3)15(10)18)8-13(9-19-4)17(20-16)6-5-7-17/h8,18H,5-7,9H2,1-4H3. The van der Waals surface area contributed by atoms with Crippen LogP contribution >= 0.6 is 0 Å². The predicted molar refractivity (Wildman–Crippen MR) is 79.4 cm³/mol. The van der Waals surface area contributed by atoms with Gasteiger partial charge in [0.1, 0.15) is 17.1 Å². The molecule has 1 N–H and O–H groups in total. The Kier molecular flexibility index (Phi) is 3.05. The zero-order valence-corrected chi connectivity index (χ0v) is 12.7. The third-order valence-corrected chi connectivity index (χ3v) is 4.92. The number of methoxy groups -OCH3 is 1. The number of benzene rings is 1. The fraction of sp³-hybridized carbons (Fsp3) is 0.529. The van der Waals surface area contributed by atoms with E-state index in [9.17, 15) is 5.11 Å². The molecule has 3 nitrogen and oxygen atoms in total. The van der Waals surface area contributed by atoms with E-state index in [1.165, 1.54) is 12.0 Å². The Balaban J connectivity index is 2.20. The number of fused-ring (bicyclic) bond motifs is 1. The molecule has 1 saturated carbocycles. The van der Waals surface area contributed by atoms with Crippen molar-refractivity contribution in [1.29, 1.82) is 0 Å². The van der Waals surface area contributed by atoms with Gasteiger partial charge in [-0.15, -0.1) is 0 Å². The molecule has 0 unspecified atom stereocenters. The molecular weight excluding hydrogens is 252 g/mol. The van der Waals surface area contributed by atoms with Crippen LogP contribution in [0.2, 0.25) is 0 Å². The highest BCUT2D eigenvalue weighted by Gasteiger charge is 2.46. The first-order chi connectivity index (χ1) is 9.50. The number of rotatable bonds is 2. The molecule has 3 heteroatoms. The van der Waals surface area contributed by atoms with E-state index in [-0.39, 0.29) is 5.60 Å². The monoisotopic (exact) mass is 274 g/mol. The van der Waals surface area contributed by atoms with Gasteiger partial charge in [-0.25, -0.2) is 0 Å². The lowest BCUT2D eigenvalue weighted by molar-refractivity contribution is 0.0128. The molecule has 1 spiro atoms. The molecule has 0 saturated heterocycles. The van der Waals surface area contributed by atoms with Gasteiger partial charge in [0.2, 0.25) is 0 Å². The summed E-state index contributed by atoms with van der Waals surface area (Å²) in [4.78, 5) is 0. The Morgan fingerprint density at radius 2 is 1.90 bits per heavy atom. The van der Waals surface area contributed by atoms with Crippen LogP contribution in [-0.4, -0.2) is 24.4 Å². The minimum absolute atomic E-state index is 0.163. The lowest BCUT2D eigenvalue weighted by Crippen LogP contribution is -2.47. The van der Waals surface area contributed by atoms with E-state index in [0.29, 0.717) is 12.4 Å². The SMILES string of the molecule is COCC1=Cc2c(C)c(O)c(C)c(C)c2OC12CCC2. The van der Waals surface area contributed by atoms with E-state index in [1.807, 2.05) is 20.8 Å². The molecule has 1 aromatic carbocycles. The van der Waals surface area contributed by atoms with E-state index in [2.05, 4.69) is 6.08 Å². The second-order valence-corrected chi connectivity index (χ2v) is 6.02. The minimum atomic E-state index is -0.163. The zero-order chi connectivity index (χ0) is 14.5. The molecule has 0 amide bonds. The van der Waals surface area contributed by atoms with Gasteiger partial charge in [-0.1, -0.05) is 0 Å². The van der Waals surface area contributed by atoms with Crippen LogP contribution < -0.4 is 4.74 Å². The summed E-state index contributed by atoms with van der Waals surface area (Å²) in [7, 11) is 1.72. The van der Waals surface area contributed by atoms with E-state index in [1.54, 1.807) is 7.11 Å². The summed E-state index contributed by atoms with van der Waals surface area (Å²) >= 11 is 0. The largest absolute Gasteiger partial charge is 0.507 e. The highest BCUT2D eigenvalue weighted by molar-refractivity contribution is 5.73. The molecule has 1 aliphatic heterocycles. The van der Waals surface area contributed by atoms with E-state index < -0.39 is 0 Å². The third kappa shape index (κ3) is 1.69. The summed E-state index contributed by atoms with van der Waals surface area (Å²) < 4.78 is 11.7. The molecule has 1 aliphatic carbocycles. The number of phenolic OH excluding ortho intramolecular Hbond substituents is 1. The molecule has 2 aliphatic rings. The van der Waals surface area contributed by atoms with Crippen molar-refractivity contribution < 1.29 is 14.6 Å². The number of hydrogen-bond acceptors (Lipinski definition) is 3. The Bertz CT molecular complexity index is 595. The van der Waals surface area contributed by atoms with Crippen LogP contribution in [0.3, 0.4) is 0 Å². The van der Waals surface area contributed by atoms with Crippen molar-refractivity contribution in [1.82, 2.24) is 0 Å². The van der Waals surface area contributed by atoms with Crippen LogP contribution in [0.4, 0.5) is 0 Å². The molecule has 1 fully saturated rings. The van der Waals surface area contributed by atoms with Crippen molar-refractivity contribution in [2.75, 3.05) is 13.7 Å². The molecule has 1 aromatic rings. The normalized spacial score (nSPS) is 19.1. The van der Waals surface area contributed by atoms with Crippen molar-refractivity contribution in [2.45, 2.75) is 45.6 Å². The van der Waals surface area contributed by atoms with Crippen LogP contribution in [-0.2, 0) is 4.74 Å². The molecule has 20 heavy (non-hydrogen) atoms. The summed E-state index contributed by atoms with van der Waals surface area (Å²) in [6.45, 7) is 6.51. The summed E-state index contributed by atoms with van der Waals surface area (Å²) in [5.74, 6) is 1.32. The van der Waals surface area contributed by atoms with E-state index in [0.717, 1.165) is 40.8 Å². The Labute approximate surface area is 120 Å². The molecule has 0 radical (unpaired) electrons. The molecule has 3 rings (SSSR count). The van der Waals surface area contributed by atoms with Crippen LogP contribution in [0, 0.1) is 20.8 Å². The lowest BCUT2D eigenvalue weighted by atomic mass is 9.72. The maximum atomic E-state index is 10.2. The average Bonchev–Trinajstić information content (AvgIpc) is 2.41. The Morgan fingerprint density at radius 1 is 1.20 bits per heavy atom. The highest BCUT2D eigenvalue weighted by Crippen LogP contribution is 2.50. The van der Waals surface area contributed by atoms with Crippen LogP contribution in [0.5, 0.6) is 11.5 Å². The molecule has 0 atom stereocenters. The van der Waals surface area contributed by atoms with Gasteiger partial charge in [0, 0.05) is 18.2 Å². The molecule has 1 heterocycles. The first kappa shape index (κ1) is 13.5. The number of aromatic hydroxyl groups is 1. The van der Waals surface area contributed by atoms with Gasteiger partial charge < -0.3 is 14.6 Å². The average molecular weight is 274 g/mol. The van der Waals surface area contributed by atoms with Gasteiger partial charge in [-0.3, -0.25) is 0 Å². The maximum absolute atomic E-state index is 10.2. The Hall–Kier alpha value is -1.48. The smallest absolute Gasteiger partial charge is 0.133 e. The minimum Gasteiger partial charge on any atom is -0.507 e. The van der Waals surface area contributed by atoms with Gasteiger partial charge in [0.05, 0.1) is 6.61 Å². The second kappa shape index (κ2) is 4.52. The van der Waals surface area contributed by atoms with Crippen molar-refractivity contribution in [2.24, 2.45) is 0 Å². The van der Waals surface area contributed by atoms with Crippen LogP contribution in [0.25, 0.3) is 6.08 Å². The van der Waals surface area contributed by atoms with Crippen LogP contribution in [0.1, 0.15) is 41.5 Å². The van der Waals surface area contributed by atoms with Gasteiger partial charge in [-0.2, -0.15) is 0 Å². The van der Waals surface area contributed by atoms with Crippen LogP contribution in [0.15, 0.2) is 5.57 Å². The predicted octanol–water partition coefficient (Wildman–Crippen LogP) is 3.66. The molecule has 108 valence electrons. The molecular formula is C17H22O3. The highest BCUT2D eigenvalue weighted by atomic mass is 16.5. The second-order valence-electron chi connectivity index (χ2n) is 6.02. The molecule has 0 aromatic heterocycles. The quantitative estimate of drug-likeness (QED) is 0.894. The zero-order valence-electron chi connectivity index (χ0n) is 12.7. The van der Waals surface area contributed by atoms with Crippen molar-refractivity contribution in [3.63, 3.8) is 0 Å². The Morgan fingerprint density at radius 3 is 2.45 bits per heavy atom. The number of ether oxygens (including phenoxy) is 2. The molecule has 0 bridgehead atoms. The van der Waals surface area contributed by atoms with E-state index in [4.69, 9.17) is 9.47 Å². The summed E-state index contributed by atoms with van der Waals surface area (Å²) in [6, 6.07) is 0. The lowest BCUT2D eigenvalue weighted by Gasteiger charge is -2.47. The van der Waals surface area contributed by atoms with Gasteiger partial charge >= 0.3 is 0 Å². The summed E-state index contributed by atoms with van der Waals surface area (Å²) in [5, 5.41) is 10.2. The van der Waals surface area contributed by atoms with Gasteiger partial charge in [-0.05, 0) is 62.8 Å². The first-order valence-corrected chi connectivity index (χ1v) is 7.22. The summed E-state index contributed by atoms with van der Waals surface area (Å²) in [6.07, 6.45) is 5.48. The first-order valence-electron chi connectivity index (χ1n) is 7.22. The van der Waals surface area contributed by atoms with Crippen molar-refractivity contribution >= 4 is 6.08 Å². The summed E-state index contributed by atoms with van der Waals surface area (Å²) in [5.41, 5.74) is 4.90. The number of hydrogen-bond donors (Lipinski definition) is 1. The number of phenols is 1. The maximum Gasteiger partial charge on any atom is 0.133 e.